The van der Waals surface area contributed by atoms with Crippen molar-refractivity contribution in [2.75, 3.05) is 0 Å². The van der Waals surface area contributed by atoms with E-state index in [2.05, 4.69) is 15.6 Å². The van der Waals surface area contributed by atoms with Gasteiger partial charge in [0.15, 0.2) is 0 Å². The van der Waals surface area contributed by atoms with Crippen molar-refractivity contribution in [3.8, 4) is 0 Å². The highest BCUT2D eigenvalue weighted by atomic mass is 35.5. The van der Waals surface area contributed by atoms with Crippen molar-refractivity contribution in [3.05, 3.63) is 70.9 Å². The van der Waals surface area contributed by atoms with E-state index in [-0.39, 0.29) is 17.9 Å². The van der Waals surface area contributed by atoms with Crippen LogP contribution in [-0.2, 0) is 11.2 Å². The molecule has 0 bridgehead atoms. The molecule has 146 valence electrons. The number of rotatable bonds is 7. The molecule has 0 saturated heterocycles. The first-order chi connectivity index (χ1) is 13.5. The molecule has 0 saturated carbocycles. The fraction of sp³-hybridized carbons (Fsp3) is 0.273. The highest BCUT2D eigenvalue weighted by Crippen LogP contribution is 2.20. The Morgan fingerprint density at radius 3 is 2.54 bits per heavy atom. The van der Waals surface area contributed by atoms with Gasteiger partial charge in [0.2, 0.25) is 5.91 Å². The lowest BCUT2D eigenvalue weighted by atomic mass is 10.0. The summed E-state index contributed by atoms with van der Waals surface area (Å²) in [4.78, 5) is 28.8. The molecule has 28 heavy (non-hydrogen) atoms. The fourth-order valence-corrected chi connectivity index (χ4v) is 3.28. The van der Waals surface area contributed by atoms with Gasteiger partial charge in [0.05, 0.1) is 10.6 Å². The zero-order valence-corrected chi connectivity index (χ0v) is 16.7. The number of carbonyl (C=O) groups excluding carboxylic acids is 2. The number of carbonyl (C=O) groups is 2. The highest BCUT2D eigenvalue weighted by Gasteiger charge is 2.24. The van der Waals surface area contributed by atoms with Gasteiger partial charge in [-0.25, -0.2) is 0 Å². The van der Waals surface area contributed by atoms with E-state index in [0.717, 1.165) is 22.9 Å². The minimum absolute atomic E-state index is 0.0233. The summed E-state index contributed by atoms with van der Waals surface area (Å²) < 4.78 is 0. The van der Waals surface area contributed by atoms with E-state index in [9.17, 15) is 9.59 Å². The van der Waals surface area contributed by atoms with Crippen molar-refractivity contribution in [2.24, 2.45) is 0 Å². The molecule has 0 fully saturated rings. The largest absolute Gasteiger partial charge is 0.361 e. The number of H-pyrrole nitrogens is 1. The maximum absolute atomic E-state index is 12.9. The smallest absolute Gasteiger partial charge is 0.253 e. The molecule has 5 nitrogen and oxygen atoms in total. The van der Waals surface area contributed by atoms with E-state index in [1.165, 1.54) is 0 Å². The average Bonchev–Trinajstić information content (AvgIpc) is 3.10. The first-order valence-electron chi connectivity index (χ1n) is 9.40. The third kappa shape index (κ3) is 4.54. The van der Waals surface area contributed by atoms with Crippen LogP contribution in [0.5, 0.6) is 0 Å². The van der Waals surface area contributed by atoms with Gasteiger partial charge in [0, 0.05) is 29.6 Å². The quantitative estimate of drug-likeness (QED) is 0.562. The first-order valence-corrected chi connectivity index (χ1v) is 9.78. The molecular formula is C22H24ClN3O2. The Hall–Kier alpha value is -2.79. The van der Waals surface area contributed by atoms with Gasteiger partial charge in [-0.05, 0) is 37.1 Å². The Kier molecular flexibility index (Phi) is 6.37. The van der Waals surface area contributed by atoms with Gasteiger partial charge in [-0.15, -0.1) is 0 Å². The Morgan fingerprint density at radius 2 is 1.79 bits per heavy atom. The van der Waals surface area contributed by atoms with Gasteiger partial charge < -0.3 is 15.6 Å². The molecule has 0 spiro atoms. The summed E-state index contributed by atoms with van der Waals surface area (Å²) in [7, 11) is 0. The second-order valence-corrected chi connectivity index (χ2v) is 7.29. The number of halogens is 1. The van der Waals surface area contributed by atoms with Gasteiger partial charge >= 0.3 is 0 Å². The standard InChI is InChI=1S/C22H24ClN3O2/c1-3-14(2)25-22(28)20(26-21(27)17-9-4-6-10-18(17)23)12-15-13-24-19-11-7-5-8-16(15)19/h4-11,13-14,20,24H,3,12H2,1-2H3,(H,25,28)(H,26,27). The number of hydrogen-bond donors (Lipinski definition) is 3. The molecule has 3 N–H and O–H groups in total. The maximum Gasteiger partial charge on any atom is 0.253 e. The molecule has 2 atom stereocenters. The summed E-state index contributed by atoms with van der Waals surface area (Å²) in [6.07, 6.45) is 3.07. The van der Waals surface area contributed by atoms with E-state index >= 15 is 0 Å². The Bertz CT molecular complexity index is 983. The molecule has 1 heterocycles. The fourth-order valence-electron chi connectivity index (χ4n) is 3.06. The van der Waals surface area contributed by atoms with Crippen LogP contribution < -0.4 is 10.6 Å². The first kappa shape index (κ1) is 20.0. The molecule has 2 amide bonds. The van der Waals surface area contributed by atoms with Crippen molar-refractivity contribution in [1.82, 2.24) is 15.6 Å². The SMILES string of the molecule is CCC(C)NC(=O)C(Cc1c[nH]c2ccccc12)NC(=O)c1ccccc1Cl. The summed E-state index contributed by atoms with van der Waals surface area (Å²) in [5, 5.41) is 7.21. The van der Waals surface area contributed by atoms with Gasteiger partial charge in [-0.2, -0.15) is 0 Å². The topological polar surface area (TPSA) is 74.0 Å². The summed E-state index contributed by atoms with van der Waals surface area (Å²) in [6.45, 7) is 3.94. The van der Waals surface area contributed by atoms with Crippen molar-refractivity contribution in [2.45, 2.75) is 38.8 Å². The van der Waals surface area contributed by atoms with Crippen LogP contribution in [-0.4, -0.2) is 28.9 Å². The molecule has 0 aliphatic heterocycles. The Morgan fingerprint density at radius 1 is 1.07 bits per heavy atom. The maximum atomic E-state index is 12.9. The van der Waals surface area contributed by atoms with E-state index in [1.54, 1.807) is 24.3 Å². The van der Waals surface area contributed by atoms with Crippen molar-refractivity contribution in [3.63, 3.8) is 0 Å². The Balaban J connectivity index is 1.85. The zero-order chi connectivity index (χ0) is 20.1. The van der Waals surface area contributed by atoms with Crippen LogP contribution in [0.2, 0.25) is 5.02 Å². The number of aromatic nitrogens is 1. The summed E-state index contributed by atoms with van der Waals surface area (Å²) in [6, 6.07) is 14.0. The number of amides is 2. The number of para-hydroxylation sites is 1. The van der Waals surface area contributed by atoms with E-state index in [4.69, 9.17) is 11.6 Å². The summed E-state index contributed by atoms with van der Waals surface area (Å²) in [5.41, 5.74) is 2.32. The van der Waals surface area contributed by atoms with Crippen LogP contribution in [0.25, 0.3) is 10.9 Å². The number of nitrogens with one attached hydrogen (secondary N) is 3. The number of hydrogen-bond acceptors (Lipinski definition) is 2. The number of fused-ring (bicyclic) bond motifs is 1. The molecule has 0 aliphatic carbocycles. The van der Waals surface area contributed by atoms with Crippen molar-refractivity contribution >= 4 is 34.3 Å². The lowest BCUT2D eigenvalue weighted by molar-refractivity contribution is -0.123. The summed E-state index contributed by atoms with van der Waals surface area (Å²) in [5.74, 6) is -0.574. The lowest BCUT2D eigenvalue weighted by Gasteiger charge is -2.21. The van der Waals surface area contributed by atoms with Gasteiger partial charge in [-0.3, -0.25) is 9.59 Å². The van der Waals surface area contributed by atoms with Crippen molar-refractivity contribution in [1.29, 1.82) is 0 Å². The van der Waals surface area contributed by atoms with Gasteiger partial charge in [0.1, 0.15) is 6.04 Å². The van der Waals surface area contributed by atoms with Crippen LogP contribution in [0.15, 0.2) is 54.7 Å². The number of aromatic amines is 1. The molecule has 2 unspecified atom stereocenters. The number of benzene rings is 2. The second kappa shape index (κ2) is 8.93. The predicted molar refractivity (Wildman–Crippen MR) is 113 cm³/mol. The third-order valence-electron chi connectivity index (χ3n) is 4.84. The zero-order valence-electron chi connectivity index (χ0n) is 16.0. The molecule has 2 aromatic carbocycles. The van der Waals surface area contributed by atoms with E-state index in [1.807, 2.05) is 44.3 Å². The molecule has 6 heteroatoms. The lowest BCUT2D eigenvalue weighted by Crippen LogP contribution is -2.50. The molecule has 0 aliphatic rings. The van der Waals surface area contributed by atoms with Crippen LogP contribution in [0, 0.1) is 0 Å². The molecule has 3 aromatic rings. The molecule has 3 rings (SSSR count). The van der Waals surface area contributed by atoms with E-state index in [0.29, 0.717) is 17.0 Å². The van der Waals surface area contributed by atoms with Crippen LogP contribution in [0.3, 0.4) is 0 Å². The van der Waals surface area contributed by atoms with Gasteiger partial charge in [-0.1, -0.05) is 48.9 Å². The predicted octanol–water partition coefficient (Wildman–Crippen LogP) is 4.08. The van der Waals surface area contributed by atoms with Gasteiger partial charge in [0.25, 0.3) is 5.91 Å². The van der Waals surface area contributed by atoms with Crippen LogP contribution in [0.1, 0.15) is 36.2 Å². The average molecular weight is 398 g/mol. The van der Waals surface area contributed by atoms with Crippen LogP contribution in [0.4, 0.5) is 0 Å². The third-order valence-corrected chi connectivity index (χ3v) is 5.17. The van der Waals surface area contributed by atoms with E-state index < -0.39 is 6.04 Å². The summed E-state index contributed by atoms with van der Waals surface area (Å²) >= 11 is 6.14. The van der Waals surface area contributed by atoms with Crippen molar-refractivity contribution < 1.29 is 9.59 Å². The second-order valence-electron chi connectivity index (χ2n) is 6.89. The normalized spacial score (nSPS) is 13.1. The molecule has 0 radical (unpaired) electrons. The minimum Gasteiger partial charge on any atom is -0.361 e. The minimum atomic E-state index is -0.711. The Labute approximate surface area is 169 Å². The monoisotopic (exact) mass is 397 g/mol. The van der Waals surface area contributed by atoms with Crippen LogP contribution >= 0.6 is 11.6 Å². The molecule has 1 aromatic heterocycles. The highest BCUT2D eigenvalue weighted by molar-refractivity contribution is 6.33. The molecular weight excluding hydrogens is 374 g/mol.